The number of H-pyrrole nitrogens is 1. The number of hydrogen-bond acceptors (Lipinski definition) is 5. The van der Waals surface area contributed by atoms with E-state index in [1.54, 1.807) is 0 Å². The molecule has 0 saturated heterocycles. The molecule has 0 amide bonds. The summed E-state index contributed by atoms with van der Waals surface area (Å²) in [5.41, 5.74) is 1.11. The molecule has 6 nitrogen and oxygen atoms in total. The second-order valence-electron chi connectivity index (χ2n) is 5.73. The van der Waals surface area contributed by atoms with Gasteiger partial charge < -0.3 is 20.5 Å². The number of nitrogens with zero attached hydrogens (tertiary/aromatic N) is 2. The Morgan fingerprint density at radius 3 is 2.90 bits per heavy atom. The Balaban J connectivity index is 1.75. The van der Waals surface area contributed by atoms with E-state index in [0.717, 1.165) is 22.4 Å². The maximum absolute atomic E-state index is 10.5. The Kier molecular flexibility index (Phi) is 3.35. The normalized spacial score (nSPS) is 26.9. The molecule has 0 aromatic carbocycles. The number of fused-ring (bicyclic) bond motifs is 1. The number of aromatic amines is 1. The third-order valence-electron chi connectivity index (χ3n) is 4.14. The molecule has 0 radical (unpaired) electrons. The first-order valence-corrected chi connectivity index (χ1v) is 7.00. The minimum atomic E-state index is -0.763. The lowest BCUT2D eigenvalue weighted by Gasteiger charge is -2.34. The number of hydrogen-bond donors (Lipinski definition) is 4. The fraction of sp³-hybridized carbons (Fsp3) is 0.571. The third-order valence-corrected chi connectivity index (χ3v) is 4.14. The van der Waals surface area contributed by atoms with Crippen LogP contribution in [0.25, 0.3) is 11.0 Å². The van der Waals surface area contributed by atoms with Gasteiger partial charge in [0.05, 0.1) is 17.1 Å². The summed E-state index contributed by atoms with van der Waals surface area (Å²) >= 11 is 0. The molecule has 0 spiro atoms. The summed E-state index contributed by atoms with van der Waals surface area (Å²) in [6.45, 7) is 2.44. The maximum Gasteiger partial charge on any atom is 0.143 e. The average molecular weight is 276 g/mol. The minimum absolute atomic E-state index is 0.270. The van der Waals surface area contributed by atoms with Gasteiger partial charge >= 0.3 is 0 Å². The van der Waals surface area contributed by atoms with Gasteiger partial charge in [0.15, 0.2) is 0 Å². The molecule has 108 valence electrons. The molecule has 2 aromatic rings. The van der Waals surface area contributed by atoms with Crippen LogP contribution in [0.15, 0.2) is 12.5 Å². The van der Waals surface area contributed by atoms with Crippen molar-refractivity contribution in [1.82, 2.24) is 15.0 Å². The van der Waals surface area contributed by atoms with Gasteiger partial charge in [-0.25, -0.2) is 9.97 Å². The smallest absolute Gasteiger partial charge is 0.143 e. The van der Waals surface area contributed by atoms with Gasteiger partial charge in [-0.05, 0) is 38.2 Å². The molecular weight excluding hydrogens is 256 g/mol. The first-order chi connectivity index (χ1) is 9.57. The third kappa shape index (κ3) is 2.48. The number of aliphatic hydroxyl groups is 2. The van der Waals surface area contributed by atoms with Crippen molar-refractivity contribution in [3.8, 4) is 0 Å². The van der Waals surface area contributed by atoms with Gasteiger partial charge in [-0.2, -0.15) is 0 Å². The van der Waals surface area contributed by atoms with Crippen molar-refractivity contribution in [2.45, 2.75) is 44.3 Å². The predicted octanol–water partition coefficient (Wildman–Crippen LogP) is 1.34. The van der Waals surface area contributed by atoms with Crippen molar-refractivity contribution in [2.75, 3.05) is 11.9 Å². The van der Waals surface area contributed by atoms with Crippen LogP contribution in [0, 0.1) is 6.92 Å². The van der Waals surface area contributed by atoms with Crippen LogP contribution in [0.1, 0.15) is 31.2 Å². The number of rotatable bonds is 3. The summed E-state index contributed by atoms with van der Waals surface area (Å²) in [6.07, 6.45) is 5.67. The number of aryl methyl sites for hydroxylation is 1. The van der Waals surface area contributed by atoms with Crippen LogP contribution in [0.2, 0.25) is 0 Å². The largest absolute Gasteiger partial charge is 0.393 e. The van der Waals surface area contributed by atoms with Crippen LogP contribution < -0.4 is 5.32 Å². The van der Waals surface area contributed by atoms with E-state index in [9.17, 15) is 10.2 Å². The molecule has 4 N–H and O–H groups in total. The van der Waals surface area contributed by atoms with E-state index in [4.69, 9.17) is 0 Å². The fourth-order valence-electron chi connectivity index (χ4n) is 2.82. The topological polar surface area (TPSA) is 94.1 Å². The van der Waals surface area contributed by atoms with Crippen LogP contribution >= 0.6 is 0 Å². The Bertz CT molecular complexity index is 602. The Hall–Kier alpha value is -1.66. The first kappa shape index (κ1) is 13.3. The second-order valence-corrected chi connectivity index (χ2v) is 5.73. The maximum atomic E-state index is 10.5. The standard InChI is InChI=1S/C14H20N4O2/c1-9-6-15-12-11(9)13(18-8-17-12)16-7-14(20)4-2-10(19)3-5-14/h6,8,10,19-20H,2-5,7H2,1H3,(H2,15,16,17,18). The predicted molar refractivity (Wildman–Crippen MR) is 76.5 cm³/mol. The number of anilines is 1. The van der Waals surface area contributed by atoms with Crippen molar-refractivity contribution in [3.63, 3.8) is 0 Å². The van der Waals surface area contributed by atoms with Gasteiger partial charge in [0.1, 0.15) is 17.8 Å². The molecule has 2 aromatic heterocycles. The summed E-state index contributed by atoms with van der Waals surface area (Å²) in [5.74, 6) is 0.744. The zero-order valence-corrected chi connectivity index (χ0v) is 11.6. The lowest BCUT2D eigenvalue weighted by Crippen LogP contribution is -2.41. The molecule has 2 heterocycles. The van der Waals surface area contributed by atoms with Gasteiger partial charge in [0.2, 0.25) is 0 Å². The highest BCUT2D eigenvalue weighted by Gasteiger charge is 2.32. The van der Waals surface area contributed by atoms with Gasteiger partial charge in [0.25, 0.3) is 0 Å². The zero-order chi connectivity index (χ0) is 14.2. The van der Waals surface area contributed by atoms with Crippen molar-refractivity contribution in [1.29, 1.82) is 0 Å². The van der Waals surface area contributed by atoms with E-state index in [1.807, 2.05) is 13.1 Å². The van der Waals surface area contributed by atoms with Gasteiger partial charge in [0, 0.05) is 12.7 Å². The molecular formula is C14H20N4O2. The molecule has 0 unspecified atom stereocenters. The summed E-state index contributed by atoms with van der Waals surface area (Å²) in [4.78, 5) is 11.5. The zero-order valence-electron chi connectivity index (χ0n) is 11.6. The van der Waals surface area contributed by atoms with Crippen molar-refractivity contribution in [3.05, 3.63) is 18.1 Å². The van der Waals surface area contributed by atoms with Crippen LogP contribution in [-0.4, -0.2) is 43.4 Å². The van der Waals surface area contributed by atoms with Crippen molar-refractivity contribution >= 4 is 16.9 Å². The Morgan fingerprint density at radius 2 is 2.15 bits per heavy atom. The van der Waals surface area contributed by atoms with E-state index in [0.29, 0.717) is 32.2 Å². The second kappa shape index (κ2) is 5.03. The molecule has 1 fully saturated rings. The van der Waals surface area contributed by atoms with Crippen LogP contribution in [0.4, 0.5) is 5.82 Å². The van der Waals surface area contributed by atoms with Gasteiger partial charge in [-0.3, -0.25) is 0 Å². The Labute approximate surface area is 117 Å². The van der Waals surface area contributed by atoms with E-state index in [2.05, 4.69) is 20.3 Å². The minimum Gasteiger partial charge on any atom is -0.393 e. The van der Waals surface area contributed by atoms with E-state index >= 15 is 0 Å². The summed E-state index contributed by atoms with van der Waals surface area (Å²) in [6, 6.07) is 0. The SMILES string of the molecule is Cc1c[nH]c2ncnc(NCC3(O)CCC(O)CC3)c12. The summed E-state index contributed by atoms with van der Waals surface area (Å²) < 4.78 is 0. The number of aliphatic hydroxyl groups excluding tert-OH is 1. The fourth-order valence-corrected chi connectivity index (χ4v) is 2.82. The molecule has 1 aliphatic carbocycles. The van der Waals surface area contributed by atoms with Crippen LogP contribution in [-0.2, 0) is 0 Å². The molecule has 6 heteroatoms. The highest BCUT2D eigenvalue weighted by molar-refractivity contribution is 5.90. The summed E-state index contributed by atoms with van der Waals surface area (Å²) in [5, 5.41) is 24.2. The molecule has 3 rings (SSSR count). The molecule has 0 aliphatic heterocycles. The van der Waals surface area contributed by atoms with Gasteiger partial charge in [-0.15, -0.1) is 0 Å². The highest BCUT2D eigenvalue weighted by Crippen LogP contribution is 2.29. The lowest BCUT2D eigenvalue weighted by atomic mass is 9.83. The first-order valence-electron chi connectivity index (χ1n) is 7.00. The van der Waals surface area contributed by atoms with Gasteiger partial charge in [-0.1, -0.05) is 0 Å². The molecule has 0 atom stereocenters. The van der Waals surface area contributed by atoms with E-state index < -0.39 is 5.60 Å². The molecule has 1 aliphatic rings. The highest BCUT2D eigenvalue weighted by atomic mass is 16.3. The molecule has 0 bridgehead atoms. The van der Waals surface area contributed by atoms with Crippen LogP contribution in [0.5, 0.6) is 0 Å². The number of nitrogens with one attached hydrogen (secondary N) is 2. The monoisotopic (exact) mass is 276 g/mol. The summed E-state index contributed by atoms with van der Waals surface area (Å²) in [7, 11) is 0. The Morgan fingerprint density at radius 1 is 1.40 bits per heavy atom. The van der Waals surface area contributed by atoms with Crippen LogP contribution in [0.3, 0.4) is 0 Å². The average Bonchev–Trinajstić information content (AvgIpc) is 2.83. The molecule has 20 heavy (non-hydrogen) atoms. The number of aromatic nitrogens is 3. The van der Waals surface area contributed by atoms with E-state index in [1.165, 1.54) is 6.33 Å². The quantitative estimate of drug-likeness (QED) is 0.679. The van der Waals surface area contributed by atoms with E-state index in [-0.39, 0.29) is 6.10 Å². The van der Waals surface area contributed by atoms with Crippen molar-refractivity contribution < 1.29 is 10.2 Å². The lowest BCUT2D eigenvalue weighted by molar-refractivity contribution is -0.0217. The van der Waals surface area contributed by atoms with Crippen molar-refractivity contribution in [2.24, 2.45) is 0 Å². The molecule has 1 saturated carbocycles.